The second kappa shape index (κ2) is 9.25. The van der Waals surface area contributed by atoms with E-state index in [-0.39, 0.29) is 11.5 Å². The van der Waals surface area contributed by atoms with Crippen LogP contribution in [0.2, 0.25) is 0 Å². The van der Waals surface area contributed by atoms with Crippen LogP contribution < -0.4 is 15.7 Å². The molecular weight excluding hydrogens is 467 g/mol. The van der Waals surface area contributed by atoms with Crippen molar-refractivity contribution in [3.05, 3.63) is 69.4 Å². The van der Waals surface area contributed by atoms with E-state index in [9.17, 15) is 36.6 Å². The highest BCUT2D eigenvalue weighted by atomic mass is 19.4. The van der Waals surface area contributed by atoms with Crippen LogP contribution in [0.25, 0.3) is 5.69 Å². The van der Waals surface area contributed by atoms with Crippen LogP contribution >= 0.6 is 0 Å². The average Bonchev–Trinajstić information content (AvgIpc) is 3.04. The number of alkyl halides is 3. The molecule has 1 amide bonds. The van der Waals surface area contributed by atoms with Crippen molar-refractivity contribution < 1.29 is 36.6 Å². The van der Waals surface area contributed by atoms with Crippen molar-refractivity contribution in [3.8, 4) is 11.4 Å². The van der Waals surface area contributed by atoms with Gasteiger partial charge in [0.05, 0.1) is 11.3 Å². The molecule has 0 bridgehead atoms. The molecule has 182 valence electrons. The van der Waals surface area contributed by atoms with Gasteiger partial charge in [0.2, 0.25) is 0 Å². The molecule has 13 heteroatoms. The average molecular weight is 486 g/mol. The van der Waals surface area contributed by atoms with Crippen LogP contribution in [0.4, 0.5) is 27.6 Å². The fraction of sp³-hybridized carbons (Fsp3) is 0.286. The van der Waals surface area contributed by atoms with E-state index in [1.807, 2.05) is 0 Å². The van der Waals surface area contributed by atoms with E-state index in [2.05, 4.69) is 10.4 Å². The topological polar surface area (TPSA) is 98.4 Å². The largest absolute Gasteiger partial charge is 0.480 e. The van der Waals surface area contributed by atoms with Gasteiger partial charge in [0.25, 0.3) is 5.91 Å². The number of aliphatic hydroxyl groups is 1. The molecule has 3 aromatic rings. The van der Waals surface area contributed by atoms with Crippen LogP contribution in [0, 0.1) is 18.6 Å². The number of carbonyl (C=O) groups is 1. The molecule has 8 nitrogen and oxygen atoms in total. The molecule has 0 aliphatic heterocycles. The Balaban J connectivity index is 2.14. The number of rotatable bonds is 6. The summed E-state index contributed by atoms with van der Waals surface area (Å²) in [6.07, 6.45) is -7.25. The SMILES string of the molecule is Cc1cccc(F)c1NC(=O)c1cc(F)c(-n2nc(CO)n(C)c2=O)cc1OC(C)C(F)(F)F. The summed E-state index contributed by atoms with van der Waals surface area (Å²) in [5, 5.41) is 15.2. The molecule has 34 heavy (non-hydrogen) atoms. The van der Waals surface area contributed by atoms with Gasteiger partial charge in [0, 0.05) is 13.1 Å². The molecule has 1 atom stereocenters. The predicted octanol–water partition coefficient (Wildman–Crippen LogP) is 3.23. The number of nitrogens with zero attached hydrogens (tertiary/aromatic N) is 3. The van der Waals surface area contributed by atoms with Crippen molar-refractivity contribution in [1.29, 1.82) is 0 Å². The van der Waals surface area contributed by atoms with E-state index in [1.54, 1.807) is 0 Å². The second-order valence-corrected chi connectivity index (χ2v) is 7.32. The Labute approximate surface area is 189 Å². The van der Waals surface area contributed by atoms with Gasteiger partial charge in [-0.15, -0.1) is 5.10 Å². The molecule has 2 N–H and O–H groups in total. The first-order chi connectivity index (χ1) is 15.8. The van der Waals surface area contributed by atoms with Crippen molar-refractivity contribution >= 4 is 11.6 Å². The molecule has 1 heterocycles. The van der Waals surface area contributed by atoms with E-state index >= 15 is 0 Å². The lowest BCUT2D eigenvalue weighted by atomic mass is 10.1. The predicted molar refractivity (Wildman–Crippen MR) is 110 cm³/mol. The third kappa shape index (κ3) is 4.78. The highest BCUT2D eigenvalue weighted by Gasteiger charge is 2.39. The zero-order valence-electron chi connectivity index (χ0n) is 18.1. The summed E-state index contributed by atoms with van der Waals surface area (Å²) in [4.78, 5) is 25.2. The monoisotopic (exact) mass is 486 g/mol. The minimum absolute atomic E-state index is 0.146. The normalized spacial score (nSPS) is 12.5. The van der Waals surface area contributed by atoms with Crippen LogP contribution in [0.3, 0.4) is 0 Å². The van der Waals surface area contributed by atoms with Gasteiger partial charge in [-0.1, -0.05) is 12.1 Å². The first-order valence-corrected chi connectivity index (χ1v) is 9.74. The number of ether oxygens (including phenoxy) is 1. The summed E-state index contributed by atoms with van der Waals surface area (Å²) in [6, 6.07) is 5.19. The van der Waals surface area contributed by atoms with Gasteiger partial charge in [-0.3, -0.25) is 9.36 Å². The Morgan fingerprint density at radius 2 is 1.91 bits per heavy atom. The van der Waals surface area contributed by atoms with E-state index in [1.165, 1.54) is 26.1 Å². The van der Waals surface area contributed by atoms with E-state index in [0.717, 1.165) is 10.6 Å². The number of para-hydroxylation sites is 1. The van der Waals surface area contributed by atoms with Crippen molar-refractivity contribution in [2.45, 2.75) is 32.7 Å². The molecule has 1 unspecified atom stereocenters. The summed E-state index contributed by atoms with van der Waals surface area (Å²) in [7, 11) is 1.25. The first kappa shape index (κ1) is 24.9. The fourth-order valence-corrected chi connectivity index (χ4v) is 2.98. The molecule has 0 saturated carbocycles. The number of hydrogen-bond donors (Lipinski definition) is 2. The maximum absolute atomic E-state index is 15.0. The second-order valence-electron chi connectivity index (χ2n) is 7.32. The molecule has 0 aliphatic carbocycles. The Kier molecular flexibility index (Phi) is 6.77. The van der Waals surface area contributed by atoms with Crippen molar-refractivity contribution in [2.75, 3.05) is 5.32 Å². The Bertz CT molecular complexity index is 1280. The zero-order chi connectivity index (χ0) is 25.4. The highest BCUT2D eigenvalue weighted by Crippen LogP contribution is 2.31. The lowest BCUT2D eigenvalue weighted by molar-refractivity contribution is -0.189. The third-order valence-corrected chi connectivity index (χ3v) is 4.96. The number of anilines is 1. The number of amides is 1. The molecule has 0 saturated heterocycles. The number of aryl methyl sites for hydroxylation is 1. The Morgan fingerprint density at radius 3 is 2.47 bits per heavy atom. The molecule has 2 aromatic carbocycles. The number of aliphatic hydroxyl groups excluding tert-OH is 1. The highest BCUT2D eigenvalue weighted by molar-refractivity contribution is 6.06. The van der Waals surface area contributed by atoms with Crippen LogP contribution in [-0.2, 0) is 13.7 Å². The Hall–Kier alpha value is -3.74. The number of halogens is 5. The first-order valence-electron chi connectivity index (χ1n) is 9.74. The van der Waals surface area contributed by atoms with Crippen LogP contribution in [0.15, 0.2) is 35.1 Å². The van der Waals surface area contributed by atoms with Gasteiger partial charge in [-0.25, -0.2) is 13.6 Å². The third-order valence-electron chi connectivity index (χ3n) is 4.96. The van der Waals surface area contributed by atoms with Crippen molar-refractivity contribution in [3.63, 3.8) is 0 Å². The van der Waals surface area contributed by atoms with Gasteiger partial charge >= 0.3 is 11.9 Å². The zero-order valence-corrected chi connectivity index (χ0v) is 18.1. The molecule has 0 aliphatic rings. The van der Waals surface area contributed by atoms with Crippen LogP contribution in [0.1, 0.15) is 28.7 Å². The Morgan fingerprint density at radius 1 is 1.24 bits per heavy atom. The van der Waals surface area contributed by atoms with E-state index in [0.29, 0.717) is 29.3 Å². The van der Waals surface area contributed by atoms with Gasteiger partial charge in [0.1, 0.15) is 29.7 Å². The maximum Gasteiger partial charge on any atom is 0.425 e. The van der Waals surface area contributed by atoms with Crippen LogP contribution in [0.5, 0.6) is 5.75 Å². The van der Waals surface area contributed by atoms with Crippen molar-refractivity contribution in [2.24, 2.45) is 7.05 Å². The summed E-state index contributed by atoms with van der Waals surface area (Å²) < 4.78 is 74.8. The molecule has 0 spiro atoms. The number of hydrogen-bond acceptors (Lipinski definition) is 5. The number of benzene rings is 2. The lowest BCUT2D eigenvalue weighted by Crippen LogP contribution is -2.32. The standard InChI is InChI=1S/C21H19F5N4O4/c1-10-5-4-6-13(22)18(10)27-19(32)12-7-14(23)15(8-16(12)34-11(2)21(24,25)26)30-20(33)29(3)17(9-31)28-30/h4-8,11,31H,9H2,1-3H3,(H,27,32). The molecule has 1 aromatic heterocycles. The minimum atomic E-state index is -4.84. The molecule has 0 fully saturated rings. The van der Waals surface area contributed by atoms with E-state index < -0.39 is 59.1 Å². The van der Waals surface area contributed by atoms with Crippen molar-refractivity contribution in [1.82, 2.24) is 14.3 Å². The smallest absolute Gasteiger partial charge is 0.425 e. The molecule has 3 rings (SSSR count). The number of aromatic nitrogens is 3. The number of nitrogens with one attached hydrogen (secondary N) is 1. The lowest BCUT2D eigenvalue weighted by Gasteiger charge is -2.20. The number of carbonyl (C=O) groups excluding carboxylic acids is 1. The quantitative estimate of drug-likeness (QED) is 0.522. The van der Waals surface area contributed by atoms with Gasteiger partial charge in [-0.2, -0.15) is 17.9 Å². The van der Waals surface area contributed by atoms with Crippen LogP contribution in [-0.4, -0.2) is 37.6 Å². The summed E-state index contributed by atoms with van der Waals surface area (Å²) >= 11 is 0. The molecule has 0 radical (unpaired) electrons. The van der Waals surface area contributed by atoms with Gasteiger partial charge < -0.3 is 15.2 Å². The minimum Gasteiger partial charge on any atom is -0.480 e. The van der Waals surface area contributed by atoms with Gasteiger partial charge in [-0.05, 0) is 31.5 Å². The summed E-state index contributed by atoms with van der Waals surface area (Å²) in [5.74, 6) is -4.03. The maximum atomic E-state index is 15.0. The van der Waals surface area contributed by atoms with Gasteiger partial charge in [0.15, 0.2) is 11.9 Å². The summed E-state index contributed by atoms with van der Waals surface area (Å²) in [6.45, 7) is 1.48. The van der Waals surface area contributed by atoms with E-state index in [4.69, 9.17) is 4.74 Å². The molecular formula is C21H19F5N4O4. The summed E-state index contributed by atoms with van der Waals surface area (Å²) in [5.41, 5.74) is -2.14. The fourth-order valence-electron chi connectivity index (χ4n) is 2.98.